The van der Waals surface area contributed by atoms with E-state index in [1.807, 2.05) is 11.9 Å². The van der Waals surface area contributed by atoms with E-state index in [2.05, 4.69) is 10.6 Å². The number of hydrogen-bond donors (Lipinski definition) is 3. The number of nitrogens with one attached hydrogen (secondary N) is 2. The largest absolute Gasteiger partial charge is 0.351 e. The predicted octanol–water partition coefficient (Wildman–Crippen LogP) is 1.00. The summed E-state index contributed by atoms with van der Waals surface area (Å²) < 4.78 is 0. The Morgan fingerprint density at radius 1 is 1.30 bits per heavy atom. The van der Waals surface area contributed by atoms with Crippen molar-refractivity contribution in [2.75, 3.05) is 25.5 Å². The summed E-state index contributed by atoms with van der Waals surface area (Å²) in [6.45, 7) is 1.52. The van der Waals surface area contributed by atoms with E-state index in [1.165, 1.54) is 0 Å². The van der Waals surface area contributed by atoms with E-state index in [0.717, 1.165) is 25.9 Å². The fourth-order valence-electron chi connectivity index (χ4n) is 2.42. The van der Waals surface area contributed by atoms with E-state index in [4.69, 9.17) is 5.73 Å². The number of benzene rings is 1. The van der Waals surface area contributed by atoms with Gasteiger partial charge in [0.05, 0.1) is 0 Å². The third-order valence-electron chi connectivity index (χ3n) is 3.52. The van der Waals surface area contributed by atoms with Crippen LogP contribution in [0.2, 0.25) is 0 Å². The van der Waals surface area contributed by atoms with Crippen molar-refractivity contribution in [3.05, 3.63) is 29.8 Å². The van der Waals surface area contributed by atoms with Gasteiger partial charge in [0.15, 0.2) is 0 Å². The van der Waals surface area contributed by atoms with Crippen LogP contribution in [0.1, 0.15) is 23.2 Å². The zero-order valence-corrected chi connectivity index (χ0v) is 11.6. The van der Waals surface area contributed by atoms with Crippen molar-refractivity contribution in [2.24, 2.45) is 5.73 Å². The lowest BCUT2D eigenvalue weighted by Gasteiger charge is -2.32. The minimum Gasteiger partial charge on any atom is -0.351 e. The summed E-state index contributed by atoms with van der Waals surface area (Å²) in [5.41, 5.74) is 6.24. The number of carbonyl (C=O) groups excluding carboxylic acids is 2. The Hall–Kier alpha value is -2.08. The van der Waals surface area contributed by atoms with Crippen LogP contribution in [0, 0.1) is 0 Å². The summed E-state index contributed by atoms with van der Waals surface area (Å²) in [5.74, 6) is 0.0237. The van der Waals surface area contributed by atoms with E-state index >= 15 is 0 Å². The summed E-state index contributed by atoms with van der Waals surface area (Å²) in [4.78, 5) is 25.0. The van der Waals surface area contributed by atoms with Gasteiger partial charge in [-0.05, 0) is 44.2 Å². The van der Waals surface area contributed by atoms with Crippen molar-refractivity contribution >= 4 is 17.6 Å². The smallest absolute Gasteiger partial charge is 0.316 e. The van der Waals surface area contributed by atoms with Gasteiger partial charge in [0.25, 0.3) is 5.91 Å². The standard InChI is InChI=1S/C14H20N4O2/c1-16-12-3-2-8-18(9-12)13(19)10-4-6-11(7-5-10)17-14(15)20/h4-7,12,16H,2-3,8-9H2,1H3,(H3,15,17,20). The summed E-state index contributed by atoms with van der Waals surface area (Å²) in [7, 11) is 1.92. The number of primary amides is 1. The third kappa shape index (κ3) is 3.48. The average Bonchev–Trinajstić information content (AvgIpc) is 2.47. The van der Waals surface area contributed by atoms with Crippen molar-refractivity contribution in [1.82, 2.24) is 10.2 Å². The molecule has 3 amide bonds. The number of nitrogens with zero attached hydrogens (tertiary/aromatic N) is 1. The molecule has 2 rings (SSSR count). The molecule has 0 aliphatic carbocycles. The molecule has 1 heterocycles. The average molecular weight is 276 g/mol. The van der Waals surface area contributed by atoms with Gasteiger partial charge in [-0.3, -0.25) is 4.79 Å². The molecule has 1 aliphatic rings. The first-order valence-electron chi connectivity index (χ1n) is 6.73. The van der Waals surface area contributed by atoms with Crippen LogP contribution in [0.5, 0.6) is 0 Å². The molecule has 1 saturated heterocycles. The Morgan fingerprint density at radius 2 is 2.00 bits per heavy atom. The molecule has 0 radical (unpaired) electrons. The molecule has 6 heteroatoms. The van der Waals surface area contributed by atoms with Crippen LogP contribution >= 0.6 is 0 Å². The van der Waals surface area contributed by atoms with E-state index in [-0.39, 0.29) is 5.91 Å². The molecule has 0 aromatic heterocycles. The van der Waals surface area contributed by atoms with E-state index in [1.54, 1.807) is 24.3 Å². The van der Waals surface area contributed by atoms with Crippen LogP contribution in [0.4, 0.5) is 10.5 Å². The maximum atomic E-state index is 12.4. The number of likely N-dealkylation sites (N-methyl/N-ethyl adjacent to an activating group) is 1. The first-order chi connectivity index (χ1) is 9.60. The second-order valence-electron chi connectivity index (χ2n) is 4.95. The minimum atomic E-state index is -0.614. The van der Waals surface area contributed by atoms with Gasteiger partial charge in [-0.15, -0.1) is 0 Å². The summed E-state index contributed by atoms with van der Waals surface area (Å²) >= 11 is 0. The Labute approximate surface area is 118 Å². The molecule has 1 fully saturated rings. The van der Waals surface area contributed by atoms with Crippen LogP contribution < -0.4 is 16.4 Å². The number of rotatable bonds is 3. The topological polar surface area (TPSA) is 87.5 Å². The van der Waals surface area contributed by atoms with Crippen molar-refractivity contribution in [2.45, 2.75) is 18.9 Å². The van der Waals surface area contributed by atoms with Gasteiger partial charge in [-0.25, -0.2) is 4.79 Å². The van der Waals surface area contributed by atoms with Gasteiger partial charge < -0.3 is 21.3 Å². The first kappa shape index (κ1) is 14.3. The second-order valence-corrected chi connectivity index (χ2v) is 4.95. The van der Waals surface area contributed by atoms with Crippen molar-refractivity contribution in [3.8, 4) is 0 Å². The minimum absolute atomic E-state index is 0.0237. The Morgan fingerprint density at radius 3 is 2.60 bits per heavy atom. The Bertz CT molecular complexity index is 486. The number of carbonyl (C=O) groups is 2. The highest BCUT2D eigenvalue weighted by atomic mass is 16.2. The molecule has 6 nitrogen and oxygen atoms in total. The highest BCUT2D eigenvalue weighted by Gasteiger charge is 2.23. The van der Waals surface area contributed by atoms with Crippen LogP contribution in [0.15, 0.2) is 24.3 Å². The highest BCUT2D eigenvalue weighted by molar-refractivity contribution is 5.95. The van der Waals surface area contributed by atoms with Gasteiger partial charge in [-0.1, -0.05) is 0 Å². The molecule has 0 saturated carbocycles. The lowest BCUT2D eigenvalue weighted by atomic mass is 10.0. The van der Waals surface area contributed by atoms with Crippen LogP contribution in [0.25, 0.3) is 0 Å². The fourth-order valence-corrected chi connectivity index (χ4v) is 2.42. The molecule has 1 aromatic carbocycles. The maximum Gasteiger partial charge on any atom is 0.316 e. The highest BCUT2D eigenvalue weighted by Crippen LogP contribution is 2.15. The van der Waals surface area contributed by atoms with Crippen LogP contribution in [-0.4, -0.2) is 43.0 Å². The molecular formula is C14H20N4O2. The monoisotopic (exact) mass is 276 g/mol. The molecule has 20 heavy (non-hydrogen) atoms. The van der Waals surface area contributed by atoms with E-state index in [9.17, 15) is 9.59 Å². The van der Waals surface area contributed by atoms with Gasteiger partial charge in [0.1, 0.15) is 0 Å². The molecule has 1 atom stereocenters. The summed E-state index contributed by atoms with van der Waals surface area (Å²) in [6, 6.07) is 6.52. The van der Waals surface area contributed by atoms with Crippen LogP contribution in [0.3, 0.4) is 0 Å². The molecule has 1 aromatic rings. The predicted molar refractivity (Wildman–Crippen MR) is 77.6 cm³/mol. The summed E-state index contributed by atoms with van der Waals surface area (Å²) in [5, 5.41) is 5.69. The number of likely N-dealkylation sites (tertiary alicyclic amines) is 1. The number of piperidine rings is 1. The van der Waals surface area contributed by atoms with E-state index in [0.29, 0.717) is 17.3 Å². The number of nitrogens with two attached hydrogens (primary N) is 1. The Kier molecular flexibility index (Phi) is 4.57. The molecule has 1 unspecified atom stereocenters. The molecule has 0 spiro atoms. The lowest BCUT2D eigenvalue weighted by molar-refractivity contribution is 0.0698. The zero-order chi connectivity index (χ0) is 14.5. The van der Waals surface area contributed by atoms with Gasteiger partial charge in [0.2, 0.25) is 0 Å². The quantitative estimate of drug-likeness (QED) is 0.769. The third-order valence-corrected chi connectivity index (χ3v) is 3.52. The fraction of sp³-hybridized carbons (Fsp3) is 0.429. The van der Waals surface area contributed by atoms with E-state index < -0.39 is 6.03 Å². The van der Waals surface area contributed by atoms with Crippen LogP contribution in [-0.2, 0) is 0 Å². The molecular weight excluding hydrogens is 256 g/mol. The number of amides is 3. The maximum absolute atomic E-state index is 12.4. The van der Waals surface area contributed by atoms with Crippen molar-refractivity contribution in [3.63, 3.8) is 0 Å². The molecule has 1 aliphatic heterocycles. The molecule has 4 N–H and O–H groups in total. The van der Waals surface area contributed by atoms with Crippen molar-refractivity contribution < 1.29 is 9.59 Å². The number of anilines is 1. The molecule has 108 valence electrons. The van der Waals surface area contributed by atoms with Gasteiger partial charge >= 0.3 is 6.03 Å². The zero-order valence-electron chi connectivity index (χ0n) is 11.6. The lowest BCUT2D eigenvalue weighted by Crippen LogP contribution is -2.46. The Balaban J connectivity index is 2.03. The number of hydrogen-bond acceptors (Lipinski definition) is 3. The summed E-state index contributed by atoms with van der Waals surface area (Å²) in [6.07, 6.45) is 2.11. The first-order valence-corrected chi connectivity index (χ1v) is 6.73. The molecule has 0 bridgehead atoms. The van der Waals surface area contributed by atoms with Gasteiger partial charge in [0, 0.05) is 30.4 Å². The number of urea groups is 1. The second kappa shape index (κ2) is 6.38. The van der Waals surface area contributed by atoms with Crippen molar-refractivity contribution in [1.29, 1.82) is 0 Å². The SMILES string of the molecule is CNC1CCCN(C(=O)c2ccc(NC(N)=O)cc2)C1. The van der Waals surface area contributed by atoms with Gasteiger partial charge in [-0.2, -0.15) is 0 Å². The normalized spacial score (nSPS) is 18.6.